The van der Waals surface area contributed by atoms with E-state index in [1.807, 2.05) is 13.8 Å². The molecule has 0 saturated heterocycles. The Labute approximate surface area is 179 Å². The largest absolute Gasteiger partial charge is 0.462 e. The summed E-state index contributed by atoms with van der Waals surface area (Å²) in [6.45, 7) is 4.33. The monoisotopic (exact) mass is 423 g/mol. The van der Waals surface area contributed by atoms with E-state index < -0.39 is 11.9 Å². The third kappa shape index (κ3) is 12.4. The van der Waals surface area contributed by atoms with E-state index in [1.54, 1.807) is 54.8 Å². The molecule has 0 aromatic heterocycles. The van der Waals surface area contributed by atoms with Gasteiger partial charge in [-0.3, -0.25) is 0 Å². The Balaban J connectivity index is 0. The SMILES string of the molecule is CC.CN.CS.Nc1ccc(C(=O)OCCCOC(=O)c2ccc(N)cc2)cc1. The smallest absolute Gasteiger partial charge is 0.338 e. The highest BCUT2D eigenvalue weighted by atomic mass is 32.1. The lowest BCUT2D eigenvalue weighted by Crippen LogP contribution is -2.11. The number of nitrogens with two attached hydrogens (primary N) is 3. The number of hydrogen-bond donors (Lipinski definition) is 4. The molecular weight excluding hydrogens is 390 g/mol. The molecule has 0 saturated carbocycles. The summed E-state index contributed by atoms with van der Waals surface area (Å²) >= 11 is 3.53. The standard InChI is InChI=1S/C17H18N2O4.C2H6.CH5N.CH4S/c18-14-6-2-12(3-7-14)16(20)22-10-1-11-23-17(21)13-4-8-15(19)9-5-13;3*1-2/h2-9H,1,10-11,18-19H2;1-2H3;2H2,1H3;2H,1H3. The van der Waals surface area contributed by atoms with Crippen molar-refractivity contribution < 1.29 is 19.1 Å². The summed E-state index contributed by atoms with van der Waals surface area (Å²) in [4.78, 5) is 23.4. The van der Waals surface area contributed by atoms with Gasteiger partial charge in [-0.1, -0.05) is 13.8 Å². The predicted molar refractivity (Wildman–Crippen MR) is 123 cm³/mol. The molecule has 2 aromatic rings. The van der Waals surface area contributed by atoms with Gasteiger partial charge in [0.15, 0.2) is 0 Å². The molecular formula is C21H33N3O4S. The highest BCUT2D eigenvalue weighted by Crippen LogP contribution is 2.08. The maximum absolute atomic E-state index is 11.7. The van der Waals surface area contributed by atoms with E-state index in [-0.39, 0.29) is 13.2 Å². The summed E-state index contributed by atoms with van der Waals surface area (Å²) in [6.07, 6.45) is 2.11. The predicted octanol–water partition coefficient (Wildman–Crippen LogP) is 3.40. The topological polar surface area (TPSA) is 131 Å². The Morgan fingerprint density at radius 2 is 1.00 bits per heavy atom. The van der Waals surface area contributed by atoms with Crippen molar-refractivity contribution in [2.24, 2.45) is 5.73 Å². The van der Waals surface area contributed by atoms with Crippen LogP contribution in [0.5, 0.6) is 0 Å². The minimum atomic E-state index is -0.435. The molecule has 162 valence electrons. The lowest BCUT2D eigenvalue weighted by Gasteiger charge is -2.07. The maximum atomic E-state index is 11.7. The van der Waals surface area contributed by atoms with Gasteiger partial charge in [-0.15, -0.1) is 0 Å². The van der Waals surface area contributed by atoms with Gasteiger partial charge < -0.3 is 26.7 Å². The Bertz CT molecular complexity index is 618. The zero-order valence-electron chi connectivity index (χ0n) is 17.6. The van der Waals surface area contributed by atoms with Crippen LogP contribution in [-0.2, 0) is 9.47 Å². The van der Waals surface area contributed by atoms with Crippen molar-refractivity contribution in [1.82, 2.24) is 0 Å². The molecule has 0 atom stereocenters. The molecule has 2 aromatic carbocycles. The average molecular weight is 424 g/mol. The van der Waals surface area contributed by atoms with E-state index in [4.69, 9.17) is 20.9 Å². The second-order valence-corrected chi connectivity index (χ2v) is 4.87. The second kappa shape index (κ2) is 18.6. The molecule has 0 aliphatic carbocycles. The fourth-order valence-corrected chi connectivity index (χ4v) is 1.79. The van der Waals surface area contributed by atoms with Gasteiger partial charge in [-0.2, -0.15) is 12.6 Å². The number of carbonyl (C=O) groups is 2. The van der Waals surface area contributed by atoms with Crippen LogP contribution in [0.2, 0.25) is 0 Å². The number of anilines is 2. The molecule has 0 aliphatic rings. The summed E-state index contributed by atoms with van der Waals surface area (Å²) in [6, 6.07) is 12.9. The summed E-state index contributed by atoms with van der Waals surface area (Å²) in [7, 11) is 1.50. The number of esters is 2. The van der Waals surface area contributed by atoms with Gasteiger partial charge in [-0.25, -0.2) is 9.59 Å². The van der Waals surface area contributed by atoms with Crippen LogP contribution in [0, 0.1) is 0 Å². The van der Waals surface area contributed by atoms with Gasteiger partial charge in [0.2, 0.25) is 0 Å². The van der Waals surface area contributed by atoms with Gasteiger partial charge in [0.25, 0.3) is 0 Å². The van der Waals surface area contributed by atoms with Crippen molar-refractivity contribution in [3.8, 4) is 0 Å². The molecule has 0 spiro atoms. The minimum absolute atomic E-state index is 0.165. The van der Waals surface area contributed by atoms with E-state index in [0.29, 0.717) is 28.9 Å². The number of carbonyl (C=O) groups excluding carboxylic acids is 2. The summed E-state index contributed by atoms with van der Waals surface area (Å²) < 4.78 is 10.2. The molecule has 0 fully saturated rings. The highest BCUT2D eigenvalue weighted by Gasteiger charge is 2.08. The molecule has 2 rings (SSSR count). The van der Waals surface area contributed by atoms with Crippen LogP contribution in [0.25, 0.3) is 0 Å². The Morgan fingerprint density at radius 1 is 0.724 bits per heavy atom. The van der Waals surface area contributed by atoms with E-state index in [0.717, 1.165) is 0 Å². The number of thiol groups is 1. The lowest BCUT2D eigenvalue weighted by atomic mass is 10.2. The first-order valence-corrected chi connectivity index (χ1v) is 10.0. The van der Waals surface area contributed by atoms with E-state index in [9.17, 15) is 9.59 Å². The first kappa shape index (κ1) is 28.5. The number of nitrogen functional groups attached to an aromatic ring is 2. The molecule has 0 amide bonds. The molecule has 0 aliphatic heterocycles. The van der Waals surface area contributed by atoms with Crippen LogP contribution in [0.15, 0.2) is 48.5 Å². The van der Waals surface area contributed by atoms with Gasteiger partial charge in [0.05, 0.1) is 24.3 Å². The van der Waals surface area contributed by atoms with E-state index >= 15 is 0 Å². The second-order valence-electron chi connectivity index (χ2n) is 4.87. The molecule has 8 heteroatoms. The minimum Gasteiger partial charge on any atom is -0.462 e. The van der Waals surface area contributed by atoms with Crippen LogP contribution < -0.4 is 17.2 Å². The fourth-order valence-electron chi connectivity index (χ4n) is 1.79. The fraction of sp³-hybridized carbons (Fsp3) is 0.333. The van der Waals surface area contributed by atoms with Gasteiger partial charge in [0.1, 0.15) is 0 Å². The van der Waals surface area contributed by atoms with Gasteiger partial charge in [-0.05, 0) is 61.8 Å². The van der Waals surface area contributed by atoms with Crippen molar-refractivity contribution in [1.29, 1.82) is 0 Å². The maximum Gasteiger partial charge on any atom is 0.338 e. The average Bonchev–Trinajstić information content (AvgIpc) is 2.78. The number of rotatable bonds is 6. The molecule has 0 unspecified atom stereocenters. The van der Waals surface area contributed by atoms with Gasteiger partial charge in [0, 0.05) is 17.8 Å². The molecule has 0 radical (unpaired) electrons. The third-order valence-electron chi connectivity index (χ3n) is 3.05. The van der Waals surface area contributed by atoms with Gasteiger partial charge >= 0.3 is 11.9 Å². The third-order valence-corrected chi connectivity index (χ3v) is 3.05. The highest BCUT2D eigenvalue weighted by molar-refractivity contribution is 7.79. The van der Waals surface area contributed by atoms with Crippen molar-refractivity contribution in [2.75, 3.05) is 38.0 Å². The van der Waals surface area contributed by atoms with Crippen LogP contribution in [-0.4, -0.2) is 38.5 Å². The number of benzene rings is 2. The van der Waals surface area contributed by atoms with Crippen molar-refractivity contribution in [2.45, 2.75) is 20.3 Å². The zero-order valence-corrected chi connectivity index (χ0v) is 18.4. The normalized spacial score (nSPS) is 8.62. The van der Waals surface area contributed by atoms with E-state index in [2.05, 4.69) is 18.4 Å². The van der Waals surface area contributed by atoms with Crippen LogP contribution in [0.1, 0.15) is 41.0 Å². The first-order chi connectivity index (χ1) is 14.1. The lowest BCUT2D eigenvalue weighted by molar-refractivity contribution is 0.0396. The molecule has 0 heterocycles. The molecule has 29 heavy (non-hydrogen) atoms. The van der Waals surface area contributed by atoms with Crippen molar-refractivity contribution >= 4 is 35.9 Å². The van der Waals surface area contributed by atoms with Crippen LogP contribution >= 0.6 is 12.6 Å². The van der Waals surface area contributed by atoms with E-state index in [1.165, 1.54) is 7.05 Å². The van der Waals surface area contributed by atoms with Crippen LogP contribution in [0.4, 0.5) is 11.4 Å². The first-order valence-electron chi connectivity index (χ1n) is 9.14. The number of hydrogen-bond acceptors (Lipinski definition) is 8. The van der Waals surface area contributed by atoms with Crippen molar-refractivity contribution in [3.63, 3.8) is 0 Å². The Hall–Kier alpha value is -2.71. The Kier molecular flexibility index (Phi) is 18.3. The summed E-state index contributed by atoms with van der Waals surface area (Å²) in [5, 5.41) is 0. The van der Waals surface area contributed by atoms with Crippen molar-refractivity contribution in [3.05, 3.63) is 59.7 Å². The molecule has 0 bridgehead atoms. The quantitative estimate of drug-likeness (QED) is 0.242. The summed E-state index contributed by atoms with van der Waals surface area (Å²) in [5.41, 5.74) is 17.6. The summed E-state index contributed by atoms with van der Waals surface area (Å²) in [5.74, 6) is -0.871. The zero-order chi connectivity index (χ0) is 22.7. The number of ether oxygens (including phenoxy) is 2. The van der Waals surface area contributed by atoms with Crippen LogP contribution in [0.3, 0.4) is 0 Å². The molecule has 6 N–H and O–H groups in total. The Morgan fingerprint density at radius 3 is 1.28 bits per heavy atom. The molecule has 7 nitrogen and oxygen atoms in total.